The number of nitrogens with zero attached hydrogens (tertiary/aromatic N) is 4. The van der Waals surface area contributed by atoms with Crippen LogP contribution in [-0.2, 0) is 10.0 Å². The number of carbonyl (C=O) groups excluding carboxylic acids is 1. The molecule has 0 aliphatic carbocycles. The zero-order chi connectivity index (χ0) is 24.7. The maximum absolute atomic E-state index is 13.4. The second-order valence-electron chi connectivity index (χ2n) is 6.65. The van der Waals surface area contributed by atoms with Gasteiger partial charge in [-0.2, -0.15) is 0 Å². The van der Waals surface area contributed by atoms with Gasteiger partial charge in [-0.25, -0.2) is 22.4 Å². The van der Waals surface area contributed by atoms with Gasteiger partial charge in [0, 0.05) is 31.2 Å². The highest BCUT2D eigenvalue weighted by atomic mass is 35.5. The molecule has 0 radical (unpaired) electrons. The van der Waals surface area contributed by atoms with Gasteiger partial charge in [0.25, 0.3) is 5.91 Å². The molecular formula is C19H19ClFN7O4S2. The molecule has 0 atom stereocenters. The van der Waals surface area contributed by atoms with Crippen molar-refractivity contribution in [3.05, 3.63) is 58.6 Å². The molecule has 0 unspecified atom stereocenters. The van der Waals surface area contributed by atoms with E-state index in [4.69, 9.17) is 16.2 Å². The number of benzene rings is 1. The Morgan fingerprint density at radius 3 is 2.71 bits per heavy atom. The number of pyridine rings is 1. The van der Waals surface area contributed by atoms with E-state index >= 15 is 0 Å². The molecule has 0 saturated heterocycles. The van der Waals surface area contributed by atoms with Gasteiger partial charge in [0.05, 0.1) is 16.8 Å². The lowest BCUT2D eigenvalue weighted by atomic mass is 10.2. The Hall–Kier alpha value is -3.23. The normalized spacial score (nSPS) is 11.8. The van der Waals surface area contributed by atoms with Crippen LogP contribution in [0.15, 0.2) is 51.2 Å². The van der Waals surface area contributed by atoms with Crippen LogP contribution in [0.2, 0.25) is 5.02 Å². The number of nitrogens with one attached hydrogen (secondary N) is 3. The van der Waals surface area contributed by atoms with Crippen LogP contribution in [0, 0.1) is 5.82 Å². The predicted octanol–water partition coefficient (Wildman–Crippen LogP) is 2.64. The van der Waals surface area contributed by atoms with Crippen molar-refractivity contribution in [3.63, 3.8) is 0 Å². The fourth-order valence-corrected chi connectivity index (χ4v) is 3.98. The summed E-state index contributed by atoms with van der Waals surface area (Å²) in [6.45, 7) is 0.290. The van der Waals surface area contributed by atoms with Gasteiger partial charge in [-0.05, 0) is 40.6 Å². The standard InChI is InChI=1S/C19H19ClFN7O4S2/c1-22-17(25-12-4-5-14(21)13(20)9-12)16-19(27-32-26-16)33-8-7-23-18(29)11-3-6-15(24-10-11)28-34(2,30)31/h3-6,9-10H,7-8H2,1-2H3,(H,22,25)(H,23,29)(H,24,28). The van der Waals surface area contributed by atoms with Gasteiger partial charge >= 0.3 is 0 Å². The van der Waals surface area contributed by atoms with Gasteiger partial charge in [-0.15, -0.1) is 0 Å². The molecule has 3 rings (SSSR count). The van der Waals surface area contributed by atoms with Crippen LogP contribution in [0.3, 0.4) is 0 Å². The molecule has 34 heavy (non-hydrogen) atoms. The average Bonchev–Trinajstić information content (AvgIpc) is 3.25. The molecule has 0 aliphatic rings. The van der Waals surface area contributed by atoms with Crippen LogP contribution in [-0.4, -0.2) is 61.1 Å². The lowest BCUT2D eigenvalue weighted by Crippen LogP contribution is -2.26. The van der Waals surface area contributed by atoms with E-state index < -0.39 is 15.8 Å². The fraction of sp³-hybridized carbons (Fsp3) is 0.211. The number of aliphatic imine (C=N–C) groups is 1. The van der Waals surface area contributed by atoms with Gasteiger partial charge in [0.2, 0.25) is 10.0 Å². The van der Waals surface area contributed by atoms with Crippen LogP contribution in [0.4, 0.5) is 15.9 Å². The molecule has 0 saturated carbocycles. The highest BCUT2D eigenvalue weighted by Crippen LogP contribution is 2.23. The summed E-state index contributed by atoms with van der Waals surface area (Å²) < 4.78 is 42.9. The molecule has 0 spiro atoms. The molecule has 3 aromatic rings. The molecule has 180 valence electrons. The van der Waals surface area contributed by atoms with Gasteiger partial charge in [0.15, 0.2) is 16.6 Å². The van der Waals surface area contributed by atoms with E-state index in [2.05, 4.69) is 35.6 Å². The average molecular weight is 528 g/mol. The molecule has 0 aliphatic heterocycles. The third-order valence-electron chi connectivity index (χ3n) is 4.03. The largest absolute Gasteiger partial charge is 0.351 e. The number of sulfonamides is 1. The SMILES string of the molecule is CN=C(Nc1ccc(F)c(Cl)c1)c1nonc1SCCNC(=O)c1ccc(NS(C)(=O)=O)nc1. The minimum Gasteiger partial charge on any atom is -0.351 e. The number of rotatable bonds is 9. The van der Waals surface area contributed by atoms with Crippen LogP contribution in [0.1, 0.15) is 16.1 Å². The molecule has 1 amide bonds. The zero-order valence-corrected chi connectivity index (χ0v) is 20.3. The Balaban J connectivity index is 1.53. The Morgan fingerprint density at radius 2 is 2.06 bits per heavy atom. The number of halogens is 2. The Morgan fingerprint density at radius 1 is 1.26 bits per heavy atom. The Kier molecular flexibility index (Phi) is 8.41. The summed E-state index contributed by atoms with van der Waals surface area (Å²) in [6, 6.07) is 6.99. The predicted molar refractivity (Wildman–Crippen MR) is 128 cm³/mol. The molecule has 1 aromatic carbocycles. The lowest BCUT2D eigenvalue weighted by molar-refractivity contribution is 0.0956. The summed E-state index contributed by atoms with van der Waals surface area (Å²) in [4.78, 5) is 20.3. The number of amides is 1. The first-order chi connectivity index (χ1) is 16.2. The van der Waals surface area contributed by atoms with Crippen LogP contribution >= 0.6 is 23.4 Å². The number of aromatic nitrogens is 3. The molecular weight excluding hydrogens is 509 g/mol. The van der Waals surface area contributed by atoms with E-state index in [0.717, 1.165) is 6.26 Å². The first-order valence-electron chi connectivity index (χ1n) is 9.53. The monoisotopic (exact) mass is 527 g/mol. The second-order valence-corrected chi connectivity index (χ2v) is 9.89. The Labute approximate surface area is 203 Å². The van der Waals surface area contributed by atoms with Gasteiger partial charge in [0.1, 0.15) is 11.6 Å². The minimum absolute atomic E-state index is 0.0411. The maximum Gasteiger partial charge on any atom is 0.252 e. The van der Waals surface area contributed by atoms with Crippen molar-refractivity contribution in [2.24, 2.45) is 4.99 Å². The third-order valence-corrected chi connectivity index (χ3v) is 5.85. The molecule has 2 aromatic heterocycles. The van der Waals surface area contributed by atoms with Gasteiger partial charge in [-0.1, -0.05) is 23.4 Å². The highest BCUT2D eigenvalue weighted by Gasteiger charge is 2.17. The topological polar surface area (TPSA) is 151 Å². The van der Waals surface area contributed by atoms with Crippen molar-refractivity contribution in [1.29, 1.82) is 0 Å². The van der Waals surface area contributed by atoms with Crippen LogP contribution in [0.5, 0.6) is 0 Å². The minimum atomic E-state index is -3.45. The van der Waals surface area contributed by atoms with E-state index in [1.54, 1.807) is 7.05 Å². The van der Waals surface area contributed by atoms with Crippen molar-refractivity contribution in [2.75, 3.05) is 35.6 Å². The summed E-state index contributed by atoms with van der Waals surface area (Å²) in [5.41, 5.74) is 1.12. The van der Waals surface area contributed by atoms with E-state index in [1.165, 1.54) is 48.3 Å². The summed E-state index contributed by atoms with van der Waals surface area (Å²) in [5.74, 6) is -0.0213. The van der Waals surface area contributed by atoms with Crippen molar-refractivity contribution in [1.82, 2.24) is 20.6 Å². The van der Waals surface area contributed by atoms with Crippen molar-refractivity contribution in [3.8, 4) is 0 Å². The molecule has 3 N–H and O–H groups in total. The molecule has 11 nitrogen and oxygen atoms in total. The third kappa shape index (κ3) is 7.13. The smallest absolute Gasteiger partial charge is 0.252 e. The summed E-state index contributed by atoms with van der Waals surface area (Å²) >= 11 is 7.09. The second kappa shape index (κ2) is 11.3. The molecule has 2 heterocycles. The van der Waals surface area contributed by atoms with Crippen molar-refractivity contribution >= 4 is 56.6 Å². The van der Waals surface area contributed by atoms with Crippen molar-refractivity contribution < 1.29 is 22.2 Å². The molecule has 0 bridgehead atoms. The van der Waals surface area contributed by atoms with E-state index in [-0.39, 0.29) is 22.3 Å². The quantitative estimate of drug-likeness (QED) is 0.165. The van der Waals surface area contributed by atoms with E-state index in [0.29, 0.717) is 34.5 Å². The van der Waals surface area contributed by atoms with Crippen LogP contribution in [0.25, 0.3) is 0 Å². The maximum atomic E-state index is 13.4. The number of hydrogen-bond acceptors (Lipinski definition) is 9. The molecule has 15 heteroatoms. The fourth-order valence-electron chi connectivity index (χ4n) is 2.54. The van der Waals surface area contributed by atoms with E-state index in [9.17, 15) is 17.6 Å². The first-order valence-corrected chi connectivity index (χ1v) is 12.8. The number of hydrogen-bond donors (Lipinski definition) is 3. The summed E-state index contributed by atoms with van der Waals surface area (Å²) in [5, 5.41) is 13.8. The highest BCUT2D eigenvalue weighted by molar-refractivity contribution is 7.99. The van der Waals surface area contributed by atoms with Crippen LogP contribution < -0.4 is 15.4 Å². The van der Waals surface area contributed by atoms with Gasteiger partial charge in [-0.3, -0.25) is 14.5 Å². The number of carbonyl (C=O) groups is 1. The van der Waals surface area contributed by atoms with E-state index in [1.807, 2.05) is 0 Å². The molecule has 0 fully saturated rings. The van der Waals surface area contributed by atoms with Crippen molar-refractivity contribution in [2.45, 2.75) is 5.03 Å². The number of anilines is 2. The lowest BCUT2D eigenvalue weighted by Gasteiger charge is -2.09. The number of thioether (sulfide) groups is 1. The van der Waals surface area contributed by atoms with Gasteiger partial charge < -0.3 is 10.6 Å². The number of amidine groups is 1. The first kappa shape index (κ1) is 25.4. The summed E-state index contributed by atoms with van der Waals surface area (Å²) in [7, 11) is -1.91. The summed E-state index contributed by atoms with van der Waals surface area (Å²) in [6.07, 6.45) is 2.28. The Bertz CT molecular complexity index is 1300. The zero-order valence-electron chi connectivity index (χ0n) is 17.9.